The summed E-state index contributed by atoms with van der Waals surface area (Å²) >= 11 is 0. The second-order valence-electron chi connectivity index (χ2n) is 6.21. The number of aromatic nitrogens is 2. The summed E-state index contributed by atoms with van der Waals surface area (Å²) in [7, 11) is 0. The standard InChI is InChI=1S/C19H26N4/c1-3-4-7-12-20-19-21-15(2)14-18(22-19)23-13-8-10-16-9-5-6-11-17(16)23/h5-6,9,11,14H,3-4,7-8,10,12-13H2,1-2H3,(H,20,21,22). The molecule has 23 heavy (non-hydrogen) atoms. The highest BCUT2D eigenvalue weighted by atomic mass is 15.2. The molecule has 3 rings (SSSR count). The van der Waals surface area contributed by atoms with Gasteiger partial charge in [0.05, 0.1) is 0 Å². The molecule has 0 aliphatic carbocycles. The molecule has 0 bridgehead atoms. The highest BCUT2D eigenvalue weighted by Gasteiger charge is 2.19. The second-order valence-corrected chi connectivity index (χ2v) is 6.21. The number of rotatable bonds is 6. The van der Waals surface area contributed by atoms with E-state index in [4.69, 9.17) is 4.98 Å². The summed E-state index contributed by atoms with van der Waals surface area (Å²) in [5.74, 6) is 1.75. The van der Waals surface area contributed by atoms with Crippen LogP contribution in [0.1, 0.15) is 43.9 Å². The zero-order valence-electron chi connectivity index (χ0n) is 14.2. The lowest BCUT2D eigenvalue weighted by atomic mass is 10.0. The first-order valence-corrected chi connectivity index (χ1v) is 8.73. The molecule has 1 aliphatic heterocycles. The van der Waals surface area contributed by atoms with Gasteiger partial charge in [0.15, 0.2) is 0 Å². The number of unbranched alkanes of at least 4 members (excludes halogenated alkanes) is 2. The van der Waals surface area contributed by atoms with E-state index < -0.39 is 0 Å². The van der Waals surface area contributed by atoms with Crippen molar-refractivity contribution in [1.29, 1.82) is 0 Å². The Labute approximate surface area is 139 Å². The lowest BCUT2D eigenvalue weighted by Gasteiger charge is -2.30. The highest BCUT2D eigenvalue weighted by Crippen LogP contribution is 2.32. The first-order valence-electron chi connectivity index (χ1n) is 8.73. The van der Waals surface area contributed by atoms with Crippen molar-refractivity contribution in [3.05, 3.63) is 41.6 Å². The normalized spacial score (nSPS) is 13.7. The molecule has 0 saturated carbocycles. The minimum absolute atomic E-state index is 0.749. The van der Waals surface area contributed by atoms with E-state index in [1.165, 1.54) is 30.5 Å². The molecular weight excluding hydrogens is 284 g/mol. The molecule has 0 radical (unpaired) electrons. The van der Waals surface area contributed by atoms with Crippen LogP contribution >= 0.6 is 0 Å². The van der Waals surface area contributed by atoms with Gasteiger partial charge >= 0.3 is 0 Å². The van der Waals surface area contributed by atoms with Crippen molar-refractivity contribution < 1.29 is 0 Å². The van der Waals surface area contributed by atoms with E-state index in [9.17, 15) is 0 Å². The maximum Gasteiger partial charge on any atom is 0.224 e. The topological polar surface area (TPSA) is 41.1 Å². The van der Waals surface area contributed by atoms with Gasteiger partial charge in [0, 0.05) is 30.5 Å². The van der Waals surface area contributed by atoms with E-state index in [1.807, 2.05) is 6.92 Å². The quantitative estimate of drug-likeness (QED) is 0.799. The summed E-state index contributed by atoms with van der Waals surface area (Å²) in [6, 6.07) is 10.7. The van der Waals surface area contributed by atoms with Crippen LogP contribution < -0.4 is 10.2 Å². The Kier molecular flexibility index (Phi) is 5.11. The Morgan fingerprint density at radius 2 is 2.04 bits per heavy atom. The lowest BCUT2D eigenvalue weighted by molar-refractivity contribution is 0.737. The fourth-order valence-corrected chi connectivity index (χ4v) is 3.12. The second kappa shape index (κ2) is 7.44. The third kappa shape index (κ3) is 3.81. The van der Waals surface area contributed by atoms with Crippen LogP contribution in [0.15, 0.2) is 30.3 Å². The molecule has 0 amide bonds. The summed E-state index contributed by atoms with van der Waals surface area (Å²) in [5.41, 5.74) is 3.71. The molecule has 4 nitrogen and oxygen atoms in total. The van der Waals surface area contributed by atoms with Gasteiger partial charge in [-0.2, -0.15) is 4.98 Å². The fourth-order valence-electron chi connectivity index (χ4n) is 3.12. The highest BCUT2D eigenvalue weighted by molar-refractivity contribution is 5.66. The molecule has 1 aliphatic rings. The molecule has 0 unspecified atom stereocenters. The lowest BCUT2D eigenvalue weighted by Crippen LogP contribution is -2.25. The zero-order chi connectivity index (χ0) is 16.1. The van der Waals surface area contributed by atoms with Crippen molar-refractivity contribution in [2.75, 3.05) is 23.3 Å². The molecule has 0 saturated heterocycles. The van der Waals surface area contributed by atoms with Crippen LogP contribution in [-0.2, 0) is 6.42 Å². The van der Waals surface area contributed by atoms with E-state index in [1.54, 1.807) is 0 Å². The molecule has 1 aromatic carbocycles. The molecule has 1 N–H and O–H groups in total. The van der Waals surface area contributed by atoms with Gasteiger partial charge in [0.25, 0.3) is 0 Å². The summed E-state index contributed by atoms with van der Waals surface area (Å²) in [4.78, 5) is 11.6. The summed E-state index contributed by atoms with van der Waals surface area (Å²) in [6.45, 7) is 6.21. The van der Waals surface area contributed by atoms with Gasteiger partial charge in [-0.25, -0.2) is 4.98 Å². The predicted octanol–water partition coefficient (Wildman–Crippen LogP) is 4.47. The van der Waals surface area contributed by atoms with E-state index >= 15 is 0 Å². The van der Waals surface area contributed by atoms with Crippen LogP contribution in [0.5, 0.6) is 0 Å². The monoisotopic (exact) mass is 310 g/mol. The first kappa shape index (κ1) is 15.8. The predicted molar refractivity (Wildman–Crippen MR) is 96.6 cm³/mol. The van der Waals surface area contributed by atoms with Crippen molar-refractivity contribution in [3.8, 4) is 0 Å². The average Bonchev–Trinajstić information content (AvgIpc) is 2.58. The summed E-state index contributed by atoms with van der Waals surface area (Å²) < 4.78 is 0. The van der Waals surface area contributed by atoms with Gasteiger partial charge in [-0.05, 0) is 37.8 Å². The Morgan fingerprint density at radius 3 is 2.91 bits per heavy atom. The fraction of sp³-hybridized carbons (Fsp3) is 0.474. The summed E-state index contributed by atoms with van der Waals surface area (Å²) in [6.07, 6.45) is 5.95. The van der Waals surface area contributed by atoms with Crippen LogP contribution in [0.25, 0.3) is 0 Å². The maximum atomic E-state index is 4.76. The molecule has 0 fully saturated rings. The third-order valence-corrected chi connectivity index (χ3v) is 4.29. The van der Waals surface area contributed by atoms with Crippen molar-refractivity contribution in [2.45, 2.75) is 46.0 Å². The molecule has 0 atom stereocenters. The van der Waals surface area contributed by atoms with Gasteiger partial charge in [-0.1, -0.05) is 38.0 Å². The Balaban J connectivity index is 1.82. The number of para-hydroxylation sites is 1. The van der Waals surface area contributed by atoms with Crippen LogP contribution in [0.2, 0.25) is 0 Å². The van der Waals surface area contributed by atoms with E-state index in [2.05, 4.69) is 52.5 Å². The molecule has 2 aromatic rings. The van der Waals surface area contributed by atoms with Crippen molar-refractivity contribution >= 4 is 17.5 Å². The Bertz CT molecular complexity index is 654. The molecule has 2 heterocycles. The van der Waals surface area contributed by atoms with Gasteiger partial charge in [0.1, 0.15) is 5.82 Å². The van der Waals surface area contributed by atoms with Crippen LogP contribution in [-0.4, -0.2) is 23.1 Å². The minimum atomic E-state index is 0.749. The van der Waals surface area contributed by atoms with Crippen molar-refractivity contribution in [1.82, 2.24) is 9.97 Å². The molecule has 122 valence electrons. The van der Waals surface area contributed by atoms with Crippen LogP contribution in [0, 0.1) is 6.92 Å². The van der Waals surface area contributed by atoms with E-state index in [0.29, 0.717) is 0 Å². The minimum Gasteiger partial charge on any atom is -0.354 e. The zero-order valence-corrected chi connectivity index (χ0v) is 14.2. The SMILES string of the molecule is CCCCCNc1nc(C)cc(N2CCCc3ccccc32)n1. The average molecular weight is 310 g/mol. The van der Waals surface area contributed by atoms with Crippen molar-refractivity contribution in [2.24, 2.45) is 0 Å². The van der Waals surface area contributed by atoms with Crippen molar-refractivity contribution in [3.63, 3.8) is 0 Å². The van der Waals surface area contributed by atoms with E-state index in [0.717, 1.165) is 43.4 Å². The number of fused-ring (bicyclic) bond motifs is 1. The first-order chi connectivity index (χ1) is 11.3. The van der Waals surface area contributed by atoms with Gasteiger partial charge in [0.2, 0.25) is 5.95 Å². The molecule has 0 spiro atoms. The number of hydrogen-bond donors (Lipinski definition) is 1. The Hall–Kier alpha value is -2.10. The number of aryl methyl sites for hydroxylation is 2. The van der Waals surface area contributed by atoms with Gasteiger partial charge in [-0.15, -0.1) is 0 Å². The van der Waals surface area contributed by atoms with Crippen LogP contribution in [0.3, 0.4) is 0 Å². The van der Waals surface area contributed by atoms with E-state index in [-0.39, 0.29) is 0 Å². The molecule has 4 heteroatoms. The molecular formula is C19H26N4. The number of nitrogens with one attached hydrogen (secondary N) is 1. The Morgan fingerprint density at radius 1 is 1.17 bits per heavy atom. The van der Waals surface area contributed by atoms with Gasteiger partial charge < -0.3 is 10.2 Å². The number of benzene rings is 1. The maximum absolute atomic E-state index is 4.76. The smallest absolute Gasteiger partial charge is 0.224 e. The molecule has 1 aromatic heterocycles. The number of anilines is 3. The van der Waals surface area contributed by atoms with Crippen LogP contribution in [0.4, 0.5) is 17.5 Å². The summed E-state index contributed by atoms with van der Waals surface area (Å²) in [5, 5.41) is 3.37. The number of hydrogen-bond acceptors (Lipinski definition) is 4. The largest absolute Gasteiger partial charge is 0.354 e. The van der Waals surface area contributed by atoms with Gasteiger partial charge in [-0.3, -0.25) is 0 Å². The number of nitrogens with zero attached hydrogens (tertiary/aromatic N) is 3. The third-order valence-electron chi connectivity index (χ3n) is 4.29.